The maximum absolute atomic E-state index is 9.07. The third-order valence-electron chi connectivity index (χ3n) is 3.00. The molecular weight excluding hydrogens is 272 g/mol. The molecule has 0 aliphatic carbocycles. The lowest BCUT2D eigenvalue weighted by atomic mass is 10.1. The van der Waals surface area contributed by atoms with E-state index < -0.39 is 0 Å². The van der Waals surface area contributed by atoms with Gasteiger partial charge in [-0.3, -0.25) is 5.10 Å². The molecule has 0 bridgehead atoms. The molecule has 2 rings (SSSR count). The predicted molar refractivity (Wildman–Crippen MR) is 78.3 cm³/mol. The summed E-state index contributed by atoms with van der Waals surface area (Å²) in [6.07, 6.45) is 3.64. The highest BCUT2D eigenvalue weighted by Gasteiger charge is 2.15. The van der Waals surface area contributed by atoms with E-state index in [0.29, 0.717) is 22.0 Å². The molecule has 102 valence electrons. The van der Waals surface area contributed by atoms with Crippen molar-refractivity contribution in [3.8, 4) is 12.1 Å². The van der Waals surface area contributed by atoms with Crippen LogP contribution in [0.25, 0.3) is 0 Å². The maximum atomic E-state index is 9.07. The molecule has 2 aromatic rings. The highest BCUT2D eigenvalue weighted by atomic mass is 32.1. The quantitative estimate of drug-likeness (QED) is 0.728. The Hall–Kier alpha value is -2.51. The van der Waals surface area contributed by atoms with Crippen LogP contribution in [-0.4, -0.2) is 16.7 Å². The van der Waals surface area contributed by atoms with Crippen LogP contribution in [0.4, 0.5) is 10.7 Å². The third kappa shape index (κ3) is 2.73. The van der Waals surface area contributed by atoms with Gasteiger partial charge in [-0.2, -0.15) is 15.6 Å². The summed E-state index contributed by atoms with van der Waals surface area (Å²) in [7, 11) is 0. The normalized spacial score (nSPS) is 9.95. The zero-order valence-electron chi connectivity index (χ0n) is 11.0. The van der Waals surface area contributed by atoms with E-state index in [2.05, 4.69) is 15.5 Å². The number of rotatable bonds is 5. The summed E-state index contributed by atoms with van der Waals surface area (Å²) in [5.74, 6) is 0. The Morgan fingerprint density at radius 2 is 2.25 bits per heavy atom. The van der Waals surface area contributed by atoms with Crippen LogP contribution in [0.3, 0.4) is 0 Å². The van der Waals surface area contributed by atoms with E-state index in [-0.39, 0.29) is 5.69 Å². The zero-order chi connectivity index (χ0) is 14.5. The lowest BCUT2D eigenvalue weighted by molar-refractivity contribution is 0.859. The lowest BCUT2D eigenvalue weighted by Gasteiger charge is -2.04. The van der Waals surface area contributed by atoms with Gasteiger partial charge >= 0.3 is 0 Å². The van der Waals surface area contributed by atoms with Gasteiger partial charge in [0.25, 0.3) is 0 Å². The molecule has 0 saturated carbocycles. The van der Waals surface area contributed by atoms with Crippen LogP contribution in [0.1, 0.15) is 28.1 Å². The van der Waals surface area contributed by atoms with E-state index in [4.69, 9.17) is 16.3 Å². The second-order valence-electron chi connectivity index (χ2n) is 4.32. The van der Waals surface area contributed by atoms with Crippen molar-refractivity contribution >= 4 is 22.0 Å². The Bertz CT molecular complexity index is 685. The van der Waals surface area contributed by atoms with Crippen molar-refractivity contribution in [2.24, 2.45) is 0 Å². The van der Waals surface area contributed by atoms with Crippen molar-refractivity contribution in [2.45, 2.75) is 19.8 Å². The first-order valence-corrected chi connectivity index (χ1v) is 6.94. The molecule has 4 N–H and O–H groups in total. The number of aromatic amines is 1. The van der Waals surface area contributed by atoms with Crippen molar-refractivity contribution in [3.05, 3.63) is 27.9 Å². The first-order chi connectivity index (χ1) is 9.67. The minimum atomic E-state index is 0.271. The average Bonchev–Trinajstić information content (AvgIpc) is 2.98. The maximum Gasteiger partial charge on any atom is 0.131 e. The third-order valence-corrected chi connectivity index (χ3v) is 4.07. The molecule has 0 atom stereocenters. The van der Waals surface area contributed by atoms with E-state index in [1.165, 1.54) is 16.9 Å². The van der Waals surface area contributed by atoms with Crippen LogP contribution in [0.2, 0.25) is 0 Å². The summed E-state index contributed by atoms with van der Waals surface area (Å²) in [4.78, 5) is 0.384. The molecule has 0 fully saturated rings. The highest BCUT2D eigenvalue weighted by Crippen LogP contribution is 2.34. The summed E-state index contributed by atoms with van der Waals surface area (Å²) < 4.78 is 0. The number of aromatic nitrogens is 2. The van der Waals surface area contributed by atoms with Crippen molar-refractivity contribution in [2.75, 3.05) is 17.6 Å². The van der Waals surface area contributed by atoms with Gasteiger partial charge < -0.3 is 11.1 Å². The summed E-state index contributed by atoms with van der Waals surface area (Å²) >= 11 is 1.22. The van der Waals surface area contributed by atoms with E-state index in [0.717, 1.165) is 18.5 Å². The number of nitrogen functional groups attached to an aromatic ring is 1. The molecule has 20 heavy (non-hydrogen) atoms. The number of nitrogens with two attached hydrogens (primary N) is 1. The first-order valence-electron chi connectivity index (χ1n) is 6.12. The zero-order valence-corrected chi connectivity index (χ0v) is 11.8. The van der Waals surface area contributed by atoms with Crippen LogP contribution < -0.4 is 11.1 Å². The van der Waals surface area contributed by atoms with E-state index in [1.54, 1.807) is 0 Å². The first kappa shape index (κ1) is 13.9. The van der Waals surface area contributed by atoms with E-state index in [1.807, 2.05) is 25.3 Å². The number of thiophene rings is 1. The molecule has 0 aliphatic rings. The van der Waals surface area contributed by atoms with Crippen molar-refractivity contribution in [1.82, 2.24) is 10.2 Å². The number of aryl methyl sites for hydroxylation is 2. The number of nitrogens with one attached hydrogen (secondary N) is 2. The minimum Gasteiger partial charge on any atom is -0.396 e. The summed E-state index contributed by atoms with van der Waals surface area (Å²) in [5.41, 5.74) is 8.65. The van der Waals surface area contributed by atoms with E-state index >= 15 is 0 Å². The summed E-state index contributed by atoms with van der Waals surface area (Å²) in [6, 6.07) is 4.04. The Balaban J connectivity index is 1.94. The molecule has 0 spiro atoms. The fraction of sp³-hybridized carbons (Fsp3) is 0.308. The van der Waals surface area contributed by atoms with Gasteiger partial charge in [-0.1, -0.05) is 0 Å². The number of hydrogen-bond acceptors (Lipinski definition) is 6. The Morgan fingerprint density at radius 1 is 1.45 bits per heavy atom. The molecule has 0 unspecified atom stereocenters. The number of nitriles is 2. The molecule has 2 aromatic heterocycles. The summed E-state index contributed by atoms with van der Waals surface area (Å²) in [5, 5.41) is 28.7. The van der Waals surface area contributed by atoms with Crippen molar-refractivity contribution in [3.63, 3.8) is 0 Å². The van der Waals surface area contributed by atoms with Gasteiger partial charge in [-0.25, -0.2) is 0 Å². The molecule has 0 aliphatic heterocycles. The Labute approximate surface area is 120 Å². The second kappa shape index (κ2) is 6.09. The molecule has 7 heteroatoms. The van der Waals surface area contributed by atoms with Gasteiger partial charge in [0.05, 0.1) is 11.9 Å². The molecule has 0 amide bonds. The fourth-order valence-corrected chi connectivity index (χ4v) is 2.76. The van der Waals surface area contributed by atoms with Gasteiger partial charge in [0.15, 0.2) is 0 Å². The SMILES string of the molecule is Cc1[nH]ncc1CCCNc1sc(C#N)c(N)c1C#N. The lowest BCUT2D eigenvalue weighted by Crippen LogP contribution is -2.03. The molecular formula is C13H14N6S. The monoisotopic (exact) mass is 286 g/mol. The topological polar surface area (TPSA) is 114 Å². The number of anilines is 2. The van der Waals surface area contributed by atoms with Crippen molar-refractivity contribution < 1.29 is 0 Å². The van der Waals surface area contributed by atoms with Gasteiger partial charge in [0, 0.05) is 12.2 Å². The van der Waals surface area contributed by atoms with Gasteiger partial charge in [0.2, 0.25) is 0 Å². The number of H-pyrrole nitrogens is 1. The molecule has 2 heterocycles. The predicted octanol–water partition coefficient (Wildman–Crippen LogP) is 2.15. The van der Waals surface area contributed by atoms with Crippen LogP contribution >= 0.6 is 11.3 Å². The molecule has 0 saturated heterocycles. The average molecular weight is 286 g/mol. The number of hydrogen-bond donors (Lipinski definition) is 3. The summed E-state index contributed by atoms with van der Waals surface area (Å²) in [6.45, 7) is 2.70. The minimum absolute atomic E-state index is 0.271. The van der Waals surface area contributed by atoms with Gasteiger partial charge in [-0.15, -0.1) is 11.3 Å². The van der Waals surface area contributed by atoms with Crippen LogP contribution in [0.15, 0.2) is 6.20 Å². The standard InChI is InChI=1S/C13H14N6S/c1-8-9(7-18-19-8)3-2-4-17-13-10(5-14)12(16)11(6-15)20-13/h7,17H,2-4,16H2,1H3,(H,18,19). The second-order valence-corrected chi connectivity index (χ2v) is 5.34. The molecule has 6 nitrogen and oxygen atoms in total. The largest absolute Gasteiger partial charge is 0.396 e. The Kier molecular flexibility index (Phi) is 4.24. The highest BCUT2D eigenvalue weighted by molar-refractivity contribution is 7.17. The smallest absolute Gasteiger partial charge is 0.131 e. The Morgan fingerprint density at radius 3 is 2.85 bits per heavy atom. The van der Waals surface area contributed by atoms with Gasteiger partial charge in [-0.05, 0) is 25.3 Å². The fourth-order valence-electron chi connectivity index (χ4n) is 1.87. The van der Waals surface area contributed by atoms with Crippen LogP contribution in [0.5, 0.6) is 0 Å². The van der Waals surface area contributed by atoms with Crippen molar-refractivity contribution in [1.29, 1.82) is 10.5 Å². The van der Waals surface area contributed by atoms with Gasteiger partial charge in [0.1, 0.15) is 27.6 Å². The van der Waals surface area contributed by atoms with Crippen LogP contribution in [0, 0.1) is 29.6 Å². The molecule has 0 radical (unpaired) electrons. The van der Waals surface area contributed by atoms with E-state index in [9.17, 15) is 0 Å². The molecule has 0 aromatic carbocycles. The number of nitrogens with zero attached hydrogens (tertiary/aromatic N) is 3. The van der Waals surface area contributed by atoms with Crippen LogP contribution in [-0.2, 0) is 6.42 Å².